The lowest BCUT2D eigenvalue weighted by molar-refractivity contribution is -0.116. The molecule has 2 heterocycles. The first-order valence-electron chi connectivity index (χ1n) is 8.65. The maximum absolute atomic E-state index is 12.9. The number of amides is 2. The number of fused-ring (bicyclic) bond motifs is 1. The molecule has 8 nitrogen and oxygen atoms in total. The van der Waals surface area contributed by atoms with Crippen molar-refractivity contribution in [2.45, 2.75) is 12.8 Å². The monoisotopic (exact) mass is 414 g/mol. The molecule has 0 aliphatic carbocycles. The molecule has 0 saturated carbocycles. The summed E-state index contributed by atoms with van der Waals surface area (Å²) in [6, 6.07) is 10.6. The summed E-state index contributed by atoms with van der Waals surface area (Å²) in [6.45, 7) is 0.168. The number of carbonyl (C=O) groups is 2. The Labute approximate surface area is 168 Å². The van der Waals surface area contributed by atoms with E-state index in [1.807, 2.05) is 0 Å². The molecule has 1 aromatic heterocycles. The quantitative estimate of drug-likeness (QED) is 0.642. The second-order valence-corrected chi connectivity index (χ2v) is 7.14. The molecule has 0 saturated heterocycles. The highest BCUT2D eigenvalue weighted by Crippen LogP contribution is 2.34. The summed E-state index contributed by atoms with van der Waals surface area (Å²) in [5, 5.41) is 13.9. The van der Waals surface area contributed by atoms with Crippen LogP contribution in [0.4, 0.5) is 15.8 Å². The van der Waals surface area contributed by atoms with Gasteiger partial charge >= 0.3 is 0 Å². The van der Waals surface area contributed by atoms with Gasteiger partial charge in [0.15, 0.2) is 11.5 Å². The Balaban J connectivity index is 1.29. The predicted molar refractivity (Wildman–Crippen MR) is 104 cm³/mol. The molecule has 3 aromatic rings. The maximum Gasteiger partial charge on any atom is 0.286 e. The van der Waals surface area contributed by atoms with Crippen LogP contribution >= 0.6 is 11.3 Å². The van der Waals surface area contributed by atoms with Gasteiger partial charge in [-0.25, -0.2) is 4.39 Å². The predicted octanol–water partition coefficient (Wildman–Crippen LogP) is 3.23. The molecule has 10 heteroatoms. The van der Waals surface area contributed by atoms with E-state index in [1.54, 1.807) is 18.2 Å². The lowest BCUT2D eigenvalue weighted by atomic mass is 10.2. The fourth-order valence-electron chi connectivity index (χ4n) is 2.58. The van der Waals surface area contributed by atoms with Crippen LogP contribution in [0.3, 0.4) is 0 Å². The van der Waals surface area contributed by atoms with Crippen molar-refractivity contribution in [1.29, 1.82) is 0 Å². The van der Waals surface area contributed by atoms with Gasteiger partial charge in [0.1, 0.15) is 10.8 Å². The number of aryl methyl sites for hydroxylation is 1. The number of benzene rings is 2. The van der Waals surface area contributed by atoms with Crippen molar-refractivity contribution >= 4 is 34.5 Å². The van der Waals surface area contributed by atoms with Crippen LogP contribution in [0.1, 0.15) is 21.2 Å². The Hall–Kier alpha value is -3.53. The van der Waals surface area contributed by atoms with Crippen molar-refractivity contribution in [2.75, 3.05) is 17.4 Å². The second kappa shape index (κ2) is 8.23. The third-order valence-corrected chi connectivity index (χ3v) is 4.97. The van der Waals surface area contributed by atoms with Gasteiger partial charge < -0.3 is 20.1 Å². The van der Waals surface area contributed by atoms with Crippen LogP contribution in [0.2, 0.25) is 0 Å². The molecule has 2 aromatic carbocycles. The fraction of sp³-hybridized carbons (Fsp3) is 0.158. The largest absolute Gasteiger partial charge is 0.454 e. The zero-order valence-corrected chi connectivity index (χ0v) is 15.8. The van der Waals surface area contributed by atoms with E-state index in [-0.39, 0.29) is 29.9 Å². The minimum Gasteiger partial charge on any atom is -0.454 e. The standard InChI is InChI=1S/C19H15FN4O4S/c20-11-1-3-12(4-2-11)22-18(26)19-24-23-17(29-19)8-7-16(25)21-13-5-6-14-15(9-13)28-10-27-14/h1-6,9H,7-8,10H2,(H,21,25)(H,22,26). The highest BCUT2D eigenvalue weighted by atomic mass is 32.1. The van der Waals surface area contributed by atoms with Crippen LogP contribution in [0, 0.1) is 5.82 Å². The molecule has 148 valence electrons. The van der Waals surface area contributed by atoms with Gasteiger partial charge in [0, 0.05) is 30.3 Å². The zero-order valence-electron chi connectivity index (χ0n) is 15.0. The maximum atomic E-state index is 12.9. The average Bonchev–Trinajstić information content (AvgIpc) is 3.37. The van der Waals surface area contributed by atoms with Crippen LogP contribution in [0.5, 0.6) is 11.5 Å². The van der Waals surface area contributed by atoms with E-state index >= 15 is 0 Å². The van der Waals surface area contributed by atoms with Gasteiger partial charge in [-0.3, -0.25) is 9.59 Å². The summed E-state index contributed by atoms with van der Waals surface area (Å²) < 4.78 is 23.4. The first-order valence-corrected chi connectivity index (χ1v) is 9.47. The van der Waals surface area contributed by atoms with E-state index in [4.69, 9.17) is 9.47 Å². The Morgan fingerprint density at radius 1 is 1.00 bits per heavy atom. The number of nitrogens with one attached hydrogen (secondary N) is 2. The Kier molecular flexibility index (Phi) is 5.34. The summed E-state index contributed by atoms with van der Waals surface area (Å²) in [7, 11) is 0. The number of rotatable bonds is 6. The van der Waals surface area contributed by atoms with Crippen molar-refractivity contribution in [3.8, 4) is 11.5 Å². The third kappa shape index (κ3) is 4.66. The summed E-state index contributed by atoms with van der Waals surface area (Å²) >= 11 is 1.10. The Bertz CT molecular complexity index is 1050. The van der Waals surface area contributed by atoms with Crippen LogP contribution in [-0.4, -0.2) is 28.8 Å². The molecule has 29 heavy (non-hydrogen) atoms. The van der Waals surface area contributed by atoms with Gasteiger partial charge in [-0.2, -0.15) is 0 Å². The van der Waals surface area contributed by atoms with Crippen LogP contribution in [0.15, 0.2) is 42.5 Å². The number of nitrogens with zero attached hydrogens (tertiary/aromatic N) is 2. The lowest BCUT2D eigenvalue weighted by Crippen LogP contribution is -2.12. The summed E-state index contributed by atoms with van der Waals surface area (Å²) in [4.78, 5) is 24.3. The highest BCUT2D eigenvalue weighted by molar-refractivity contribution is 7.13. The summed E-state index contributed by atoms with van der Waals surface area (Å²) in [5.41, 5.74) is 1.06. The molecular weight excluding hydrogens is 399 g/mol. The minimum absolute atomic E-state index is 0.167. The number of halogens is 1. The van der Waals surface area contributed by atoms with E-state index in [0.717, 1.165) is 11.3 Å². The molecule has 0 atom stereocenters. The van der Waals surface area contributed by atoms with Gasteiger partial charge in [-0.1, -0.05) is 11.3 Å². The number of aromatic nitrogens is 2. The Morgan fingerprint density at radius 2 is 1.76 bits per heavy atom. The molecule has 0 fully saturated rings. The normalized spacial score (nSPS) is 11.9. The smallest absolute Gasteiger partial charge is 0.286 e. The molecule has 4 rings (SSSR count). The molecule has 0 unspecified atom stereocenters. The van der Waals surface area contributed by atoms with E-state index < -0.39 is 5.91 Å². The van der Waals surface area contributed by atoms with Crippen molar-refractivity contribution in [1.82, 2.24) is 10.2 Å². The van der Waals surface area contributed by atoms with Gasteiger partial charge in [0.2, 0.25) is 17.7 Å². The van der Waals surface area contributed by atoms with Crippen molar-refractivity contribution in [3.05, 3.63) is 58.3 Å². The molecule has 0 spiro atoms. The molecule has 2 N–H and O–H groups in total. The van der Waals surface area contributed by atoms with Gasteiger partial charge in [0.05, 0.1) is 0 Å². The zero-order chi connectivity index (χ0) is 20.2. The van der Waals surface area contributed by atoms with E-state index in [1.165, 1.54) is 24.3 Å². The topological polar surface area (TPSA) is 102 Å². The SMILES string of the molecule is O=C(CCc1nnc(C(=O)Nc2ccc(F)cc2)s1)Nc1ccc2c(c1)OCO2. The number of anilines is 2. The van der Waals surface area contributed by atoms with Crippen LogP contribution in [0.25, 0.3) is 0 Å². The molecule has 0 radical (unpaired) electrons. The fourth-order valence-corrected chi connectivity index (χ4v) is 3.32. The summed E-state index contributed by atoms with van der Waals surface area (Å²) in [5.74, 6) is 0.203. The molecule has 0 bridgehead atoms. The molecule has 1 aliphatic heterocycles. The molecule has 1 aliphatic rings. The van der Waals surface area contributed by atoms with Crippen molar-refractivity contribution in [3.63, 3.8) is 0 Å². The third-order valence-electron chi connectivity index (χ3n) is 3.99. The van der Waals surface area contributed by atoms with E-state index in [0.29, 0.717) is 34.3 Å². The number of hydrogen-bond donors (Lipinski definition) is 2. The number of ether oxygens (including phenoxy) is 2. The van der Waals surface area contributed by atoms with Gasteiger partial charge in [-0.05, 0) is 36.4 Å². The average molecular weight is 414 g/mol. The van der Waals surface area contributed by atoms with E-state index in [9.17, 15) is 14.0 Å². The molecular formula is C19H15FN4O4S. The number of hydrogen-bond acceptors (Lipinski definition) is 7. The molecule has 2 amide bonds. The first kappa shape index (κ1) is 18.8. The first-order chi connectivity index (χ1) is 14.1. The highest BCUT2D eigenvalue weighted by Gasteiger charge is 2.16. The van der Waals surface area contributed by atoms with Crippen molar-refractivity contribution < 1.29 is 23.5 Å². The second-order valence-electron chi connectivity index (χ2n) is 6.08. The van der Waals surface area contributed by atoms with Gasteiger partial charge in [-0.15, -0.1) is 10.2 Å². The summed E-state index contributed by atoms with van der Waals surface area (Å²) in [6.07, 6.45) is 0.528. The van der Waals surface area contributed by atoms with E-state index in [2.05, 4.69) is 20.8 Å². The lowest BCUT2D eigenvalue weighted by Gasteiger charge is -2.05. The van der Waals surface area contributed by atoms with Gasteiger partial charge in [0.25, 0.3) is 5.91 Å². The van der Waals surface area contributed by atoms with Crippen LogP contribution < -0.4 is 20.1 Å². The minimum atomic E-state index is -0.440. The van der Waals surface area contributed by atoms with Crippen LogP contribution in [-0.2, 0) is 11.2 Å². The Morgan fingerprint density at radius 3 is 2.59 bits per heavy atom. The van der Waals surface area contributed by atoms with Crippen molar-refractivity contribution in [2.24, 2.45) is 0 Å². The number of carbonyl (C=O) groups excluding carboxylic acids is 2.